The Labute approximate surface area is 88.6 Å². The number of rotatable bonds is 4. The molecule has 1 aromatic heterocycles. The Morgan fingerprint density at radius 2 is 2.53 bits per heavy atom. The molecule has 82 valence electrons. The van der Waals surface area contributed by atoms with E-state index < -0.39 is 0 Å². The van der Waals surface area contributed by atoms with Gasteiger partial charge in [0.1, 0.15) is 12.0 Å². The molecule has 1 fully saturated rings. The average Bonchev–Trinajstić information content (AvgIpc) is 2.77. The first-order chi connectivity index (χ1) is 7.24. The van der Waals surface area contributed by atoms with Crippen LogP contribution in [0.15, 0.2) is 10.7 Å². The van der Waals surface area contributed by atoms with Gasteiger partial charge in [0.15, 0.2) is 5.89 Å². The van der Waals surface area contributed by atoms with Gasteiger partial charge in [-0.05, 0) is 19.3 Å². The van der Waals surface area contributed by atoms with Crippen molar-refractivity contribution < 1.29 is 13.9 Å². The fraction of sp³-hybridized carbons (Fsp3) is 0.636. The molecule has 1 unspecified atom stereocenters. The first kappa shape index (κ1) is 10.4. The van der Waals surface area contributed by atoms with E-state index in [9.17, 15) is 4.79 Å². The monoisotopic (exact) mass is 209 g/mol. The molecule has 0 saturated carbocycles. The highest BCUT2D eigenvalue weighted by atomic mass is 16.5. The summed E-state index contributed by atoms with van der Waals surface area (Å²) < 4.78 is 10.6. The lowest BCUT2D eigenvalue weighted by atomic mass is 10.1. The minimum atomic E-state index is 0.110. The highest BCUT2D eigenvalue weighted by Gasteiger charge is 2.18. The van der Waals surface area contributed by atoms with E-state index in [2.05, 4.69) is 4.98 Å². The van der Waals surface area contributed by atoms with Crippen LogP contribution in [-0.2, 0) is 22.4 Å². The van der Waals surface area contributed by atoms with Crippen LogP contribution >= 0.6 is 0 Å². The Balaban J connectivity index is 1.91. The van der Waals surface area contributed by atoms with Crippen molar-refractivity contribution in [2.24, 2.45) is 5.92 Å². The predicted octanol–water partition coefficient (Wildman–Crippen LogP) is 1.39. The normalized spacial score (nSPS) is 20.7. The fourth-order valence-electron chi connectivity index (χ4n) is 1.77. The molecule has 0 bridgehead atoms. The van der Waals surface area contributed by atoms with Crippen molar-refractivity contribution >= 4 is 5.78 Å². The minimum absolute atomic E-state index is 0.110. The summed E-state index contributed by atoms with van der Waals surface area (Å²) in [4.78, 5) is 15.1. The van der Waals surface area contributed by atoms with E-state index in [0.29, 0.717) is 12.3 Å². The standard InChI is InChI=1S/C11H15NO3/c1-8(13)4-10-7-15-11(12-10)5-9-2-3-14-6-9/h7,9H,2-6H2,1H3. The van der Waals surface area contributed by atoms with Gasteiger partial charge in [0.2, 0.25) is 0 Å². The summed E-state index contributed by atoms with van der Waals surface area (Å²) in [5.41, 5.74) is 0.733. The van der Waals surface area contributed by atoms with Gasteiger partial charge in [-0.2, -0.15) is 0 Å². The van der Waals surface area contributed by atoms with Gasteiger partial charge in [-0.15, -0.1) is 0 Å². The Morgan fingerprint density at radius 3 is 3.20 bits per heavy atom. The summed E-state index contributed by atoms with van der Waals surface area (Å²) >= 11 is 0. The second-order valence-electron chi connectivity index (χ2n) is 4.05. The van der Waals surface area contributed by atoms with Gasteiger partial charge in [-0.25, -0.2) is 4.98 Å². The maximum Gasteiger partial charge on any atom is 0.194 e. The molecule has 15 heavy (non-hydrogen) atoms. The number of nitrogens with zero attached hydrogens (tertiary/aromatic N) is 1. The molecule has 2 heterocycles. The van der Waals surface area contributed by atoms with Crippen LogP contribution in [0.25, 0.3) is 0 Å². The van der Waals surface area contributed by atoms with Crippen molar-refractivity contribution in [1.29, 1.82) is 0 Å². The van der Waals surface area contributed by atoms with E-state index >= 15 is 0 Å². The van der Waals surface area contributed by atoms with E-state index in [1.807, 2.05) is 0 Å². The van der Waals surface area contributed by atoms with Crippen LogP contribution in [0.1, 0.15) is 24.9 Å². The SMILES string of the molecule is CC(=O)Cc1coc(CC2CCOC2)n1. The third kappa shape index (κ3) is 2.89. The number of hydrogen-bond donors (Lipinski definition) is 0. The molecular weight excluding hydrogens is 194 g/mol. The second-order valence-corrected chi connectivity index (χ2v) is 4.05. The van der Waals surface area contributed by atoms with Gasteiger partial charge < -0.3 is 9.15 Å². The number of ketones is 1. The van der Waals surface area contributed by atoms with Crippen molar-refractivity contribution in [1.82, 2.24) is 4.98 Å². The summed E-state index contributed by atoms with van der Waals surface area (Å²) in [5.74, 6) is 1.36. The topological polar surface area (TPSA) is 52.3 Å². The Morgan fingerprint density at radius 1 is 1.67 bits per heavy atom. The molecule has 1 atom stereocenters. The lowest BCUT2D eigenvalue weighted by molar-refractivity contribution is -0.116. The lowest BCUT2D eigenvalue weighted by Crippen LogP contribution is -2.04. The minimum Gasteiger partial charge on any atom is -0.449 e. The zero-order chi connectivity index (χ0) is 10.7. The molecule has 0 aliphatic carbocycles. The summed E-state index contributed by atoms with van der Waals surface area (Å²) in [6.07, 6.45) is 3.83. The van der Waals surface area contributed by atoms with Crippen LogP contribution in [0, 0.1) is 5.92 Å². The number of carbonyl (C=O) groups excluding carboxylic acids is 1. The van der Waals surface area contributed by atoms with Crippen molar-refractivity contribution in [3.63, 3.8) is 0 Å². The van der Waals surface area contributed by atoms with E-state index in [4.69, 9.17) is 9.15 Å². The molecule has 0 radical (unpaired) electrons. The smallest absolute Gasteiger partial charge is 0.194 e. The lowest BCUT2D eigenvalue weighted by Gasteiger charge is -2.01. The molecule has 4 nitrogen and oxygen atoms in total. The maximum absolute atomic E-state index is 10.9. The average molecular weight is 209 g/mol. The molecule has 1 aromatic rings. The molecule has 0 aromatic carbocycles. The Hall–Kier alpha value is -1.16. The highest BCUT2D eigenvalue weighted by Crippen LogP contribution is 2.17. The fourth-order valence-corrected chi connectivity index (χ4v) is 1.77. The van der Waals surface area contributed by atoms with Gasteiger partial charge in [0.25, 0.3) is 0 Å². The van der Waals surface area contributed by atoms with Crippen LogP contribution in [0.3, 0.4) is 0 Å². The summed E-state index contributed by atoms with van der Waals surface area (Å²) in [5, 5.41) is 0. The molecule has 4 heteroatoms. The largest absolute Gasteiger partial charge is 0.449 e. The summed E-state index contributed by atoms with van der Waals surface area (Å²) in [7, 11) is 0. The Kier molecular flexibility index (Phi) is 3.16. The molecule has 2 rings (SSSR count). The number of ether oxygens (including phenoxy) is 1. The van der Waals surface area contributed by atoms with Gasteiger partial charge >= 0.3 is 0 Å². The highest BCUT2D eigenvalue weighted by molar-refractivity contribution is 5.77. The second kappa shape index (κ2) is 4.57. The molecule has 0 N–H and O–H groups in total. The summed E-state index contributed by atoms with van der Waals surface area (Å²) in [6, 6.07) is 0. The zero-order valence-corrected chi connectivity index (χ0v) is 8.86. The zero-order valence-electron chi connectivity index (χ0n) is 8.86. The van der Waals surface area contributed by atoms with E-state index in [-0.39, 0.29) is 5.78 Å². The van der Waals surface area contributed by atoms with Gasteiger partial charge in [-0.3, -0.25) is 4.79 Å². The third-order valence-electron chi connectivity index (χ3n) is 2.52. The van der Waals surface area contributed by atoms with Gasteiger partial charge in [0.05, 0.1) is 12.1 Å². The van der Waals surface area contributed by atoms with Crippen LogP contribution in [-0.4, -0.2) is 24.0 Å². The first-order valence-electron chi connectivity index (χ1n) is 5.24. The van der Waals surface area contributed by atoms with Crippen LogP contribution in [0.4, 0.5) is 0 Å². The number of carbonyl (C=O) groups is 1. The van der Waals surface area contributed by atoms with Crippen LogP contribution in [0.5, 0.6) is 0 Å². The molecule has 0 amide bonds. The van der Waals surface area contributed by atoms with Crippen molar-refractivity contribution in [3.05, 3.63) is 17.8 Å². The van der Waals surface area contributed by atoms with Crippen LogP contribution in [0.2, 0.25) is 0 Å². The van der Waals surface area contributed by atoms with E-state index in [1.165, 1.54) is 0 Å². The van der Waals surface area contributed by atoms with E-state index in [1.54, 1.807) is 13.2 Å². The van der Waals surface area contributed by atoms with Crippen molar-refractivity contribution in [3.8, 4) is 0 Å². The number of hydrogen-bond acceptors (Lipinski definition) is 4. The molecule has 0 spiro atoms. The number of aromatic nitrogens is 1. The van der Waals surface area contributed by atoms with Gasteiger partial charge in [0, 0.05) is 19.6 Å². The van der Waals surface area contributed by atoms with Gasteiger partial charge in [-0.1, -0.05) is 0 Å². The first-order valence-corrected chi connectivity index (χ1v) is 5.24. The van der Waals surface area contributed by atoms with Crippen LogP contribution < -0.4 is 0 Å². The third-order valence-corrected chi connectivity index (χ3v) is 2.52. The van der Waals surface area contributed by atoms with E-state index in [0.717, 1.165) is 37.6 Å². The Bertz CT molecular complexity index is 339. The summed E-state index contributed by atoms with van der Waals surface area (Å²) in [6.45, 7) is 3.19. The van der Waals surface area contributed by atoms with Crippen molar-refractivity contribution in [2.75, 3.05) is 13.2 Å². The molecule has 1 aliphatic rings. The predicted molar refractivity (Wildman–Crippen MR) is 53.5 cm³/mol. The quantitative estimate of drug-likeness (QED) is 0.751. The number of oxazole rings is 1. The molecule has 1 aliphatic heterocycles. The maximum atomic E-state index is 10.9. The van der Waals surface area contributed by atoms with Crippen molar-refractivity contribution in [2.45, 2.75) is 26.2 Å². The molecular formula is C11H15NO3. The molecule has 1 saturated heterocycles. The number of Topliss-reactive ketones (excluding diaryl/α,β-unsaturated/α-hetero) is 1.